The first kappa shape index (κ1) is 17.0. The molecule has 1 aliphatic carbocycles. The smallest absolute Gasteiger partial charge is 0.220 e. The number of carbonyl (C=O) groups is 1. The SMILES string of the molecule is CCC(=O)c1ccc(Br)cc1N1C(N)=NC(N)=NC12CCCCC2. The maximum absolute atomic E-state index is 12.4. The molecule has 128 valence electrons. The molecule has 1 saturated carbocycles. The van der Waals surface area contributed by atoms with Gasteiger partial charge in [-0.05, 0) is 43.9 Å². The van der Waals surface area contributed by atoms with Gasteiger partial charge >= 0.3 is 0 Å². The predicted molar refractivity (Wildman–Crippen MR) is 100 cm³/mol. The summed E-state index contributed by atoms with van der Waals surface area (Å²) in [6.07, 6.45) is 5.38. The minimum atomic E-state index is -0.544. The molecule has 0 radical (unpaired) electrons. The molecule has 1 aliphatic heterocycles. The van der Waals surface area contributed by atoms with Gasteiger partial charge in [0.2, 0.25) is 11.9 Å². The summed E-state index contributed by atoms with van der Waals surface area (Å²) in [6.45, 7) is 1.86. The second-order valence-corrected chi connectivity index (χ2v) is 7.17. The van der Waals surface area contributed by atoms with E-state index in [1.165, 1.54) is 6.42 Å². The van der Waals surface area contributed by atoms with E-state index in [0.717, 1.165) is 35.8 Å². The predicted octanol–water partition coefficient (Wildman–Crippen LogP) is 3.15. The van der Waals surface area contributed by atoms with Crippen LogP contribution in [0.4, 0.5) is 5.69 Å². The van der Waals surface area contributed by atoms with E-state index in [9.17, 15) is 4.79 Å². The van der Waals surface area contributed by atoms with Crippen molar-refractivity contribution in [2.45, 2.75) is 51.1 Å². The summed E-state index contributed by atoms with van der Waals surface area (Å²) in [5, 5.41) is 0. The molecule has 7 heteroatoms. The number of carbonyl (C=O) groups excluding carboxylic acids is 1. The molecule has 3 rings (SSSR count). The molecule has 0 bridgehead atoms. The van der Waals surface area contributed by atoms with Crippen LogP contribution in [0.3, 0.4) is 0 Å². The Morgan fingerprint density at radius 2 is 2.00 bits per heavy atom. The third-order valence-electron chi connectivity index (χ3n) is 4.67. The summed E-state index contributed by atoms with van der Waals surface area (Å²) >= 11 is 3.50. The van der Waals surface area contributed by atoms with E-state index in [0.29, 0.717) is 17.9 Å². The van der Waals surface area contributed by atoms with Gasteiger partial charge in [0.05, 0.1) is 5.69 Å². The van der Waals surface area contributed by atoms with Gasteiger partial charge in [0, 0.05) is 16.5 Å². The molecule has 0 saturated heterocycles. The number of rotatable bonds is 3. The number of hydrogen-bond donors (Lipinski definition) is 2. The average Bonchev–Trinajstić information content (AvgIpc) is 2.54. The lowest BCUT2D eigenvalue weighted by Crippen LogP contribution is -2.58. The van der Waals surface area contributed by atoms with Gasteiger partial charge in [-0.2, -0.15) is 4.99 Å². The van der Waals surface area contributed by atoms with Crippen molar-refractivity contribution in [3.63, 3.8) is 0 Å². The van der Waals surface area contributed by atoms with E-state index in [1.807, 2.05) is 30.0 Å². The van der Waals surface area contributed by atoms with Crippen molar-refractivity contribution in [3.8, 4) is 0 Å². The van der Waals surface area contributed by atoms with Crippen LogP contribution in [0.2, 0.25) is 0 Å². The summed E-state index contributed by atoms with van der Waals surface area (Å²) in [5.74, 6) is 0.579. The molecule has 4 N–H and O–H groups in total. The first-order chi connectivity index (χ1) is 11.5. The summed E-state index contributed by atoms with van der Waals surface area (Å²) in [4.78, 5) is 23.2. The van der Waals surface area contributed by atoms with Gasteiger partial charge in [-0.1, -0.05) is 29.3 Å². The Bertz CT molecular complexity index is 722. The van der Waals surface area contributed by atoms with Gasteiger partial charge in [-0.25, -0.2) is 4.99 Å². The van der Waals surface area contributed by atoms with E-state index in [-0.39, 0.29) is 11.7 Å². The van der Waals surface area contributed by atoms with Crippen LogP contribution >= 0.6 is 15.9 Å². The lowest BCUT2D eigenvalue weighted by atomic mass is 9.86. The first-order valence-electron chi connectivity index (χ1n) is 8.29. The molecular weight excluding hydrogens is 370 g/mol. The van der Waals surface area contributed by atoms with Crippen LogP contribution in [0.1, 0.15) is 55.8 Å². The Morgan fingerprint density at radius 1 is 1.29 bits per heavy atom. The molecule has 0 unspecified atom stereocenters. The summed E-state index contributed by atoms with van der Waals surface area (Å²) < 4.78 is 0.881. The monoisotopic (exact) mass is 391 g/mol. The molecule has 1 spiro atoms. The lowest BCUT2D eigenvalue weighted by Gasteiger charge is -2.46. The molecule has 1 aromatic carbocycles. The third kappa shape index (κ3) is 2.92. The van der Waals surface area contributed by atoms with Crippen LogP contribution < -0.4 is 16.4 Å². The number of hydrogen-bond acceptors (Lipinski definition) is 6. The van der Waals surface area contributed by atoms with Gasteiger partial charge < -0.3 is 11.5 Å². The lowest BCUT2D eigenvalue weighted by molar-refractivity contribution is 0.0988. The Kier molecular flexibility index (Phi) is 4.62. The number of anilines is 1. The van der Waals surface area contributed by atoms with E-state index < -0.39 is 5.66 Å². The highest BCUT2D eigenvalue weighted by Gasteiger charge is 2.43. The largest absolute Gasteiger partial charge is 0.369 e. The summed E-state index contributed by atoms with van der Waals surface area (Å²) in [7, 11) is 0. The van der Waals surface area contributed by atoms with E-state index >= 15 is 0 Å². The normalized spacial score (nSPS) is 19.8. The number of ketones is 1. The molecule has 24 heavy (non-hydrogen) atoms. The van der Waals surface area contributed by atoms with Crippen molar-refractivity contribution >= 4 is 39.3 Å². The third-order valence-corrected chi connectivity index (χ3v) is 5.17. The number of nitrogens with zero attached hydrogens (tertiary/aromatic N) is 3. The van der Waals surface area contributed by atoms with Crippen molar-refractivity contribution < 1.29 is 4.79 Å². The molecule has 0 atom stereocenters. The van der Waals surface area contributed by atoms with E-state index in [1.54, 1.807) is 0 Å². The highest BCUT2D eigenvalue weighted by atomic mass is 79.9. The molecule has 2 aliphatic rings. The second kappa shape index (κ2) is 6.55. The molecule has 1 fully saturated rings. The minimum absolute atomic E-state index is 0.0683. The maximum atomic E-state index is 12.4. The molecule has 0 amide bonds. The number of Topliss-reactive ketones (excluding diaryl/α,β-unsaturated/α-hetero) is 1. The fraction of sp³-hybridized carbons (Fsp3) is 0.471. The average molecular weight is 392 g/mol. The number of nitrogens with two attached hydrogens (primary N) is 2. The maximum Gasteiger partial charge on any atom is 0.220 e. The Hall–Kier alpha value is -1.89. The number of halogens is 1. The minimum Gasteiger partial charge on any atom is -0.369 e. The fourth-order valence-electron chi connectivity index (χ4n) is 3.59. The molecule has 1 aromatic rings. The van der Waals surface area contributed by atoms with Crippen LogP contribution in [0.15, 0.2) is 32.7 Å². The quantitative estimate of drug-likeness (QED) is 0.773. The molecule has 6 nitrogen and oxygen atoms in total. The standard InChI is InChI=1S/C17H22BrN5O/c1-2-14(24)12-7-6-11(18)10-13(12)23-16(20)21-15(19)22-17(23)8-4-3-5-9-17/h6-7,10H,2-5,8-9H2,1H3,(H4,19,20,21,22). The van der Waals surface area contributed by atoms with Crippen LogP contribution in [0.5, 0.6) is 0 Å². The highest BCUT2D eigenvalue weighted by molar-refractivity contribution is 9.10. The number of benzene rings is 1. The van der Waals surface area contributed by atoms with Crippen molar-refractivity contribution in [1.82, 2.24) is 0 Å². The van der Waals surface area contributed by atoms with Gasteiger partial charge in [0.25, 0.3) is 0 Å². The van der Waals surface area contributed by atoms with Crippen LogP contribution in [-0.4, -0.2) is 23.4 Å². The summed E-state index contributed by atoms with van der Waals surface area (Å²) in [6, 6.07) is 5.62. The zero-order chi connectivity index (χ0) is 17.3. The number of aliphatic imine (C=N–C) groups is 2. The van der Waals surface area contributed by atoms with Crippen molar-refractivity contribution in [3.05, 3.63) is 28.2 Å². The Balaban J connectivity index is 2.17. The van der Waals surface area contributed by atoms with Gasteiger partial charge in [0.15, 0.2) is 5.78 Å². The van der Waals surface area contributed by atoms with Crippen molar-refractivity contribution in [1.29, 1.82) is 0 Å². The van der Waals surface area contributed by atoms with E-state index in [2.05, 4.69) is 25.9 Å². The van der Waals surface area contributed by atoms with Gasteiger partial charge in [0.1, 0.15) is 5.66 Å². The zero-order valence-electron chi connectivity index (χ0n) is 13.8. The zero-order valence-corrected chi connectivity index (χ0v) is 15.3. The highest BCUT2D eigenvalue weighted by Crippen LogP contribution is 2.41. The van der Waals surface area contributed by atoms with Crippen LogP contribution in [0.25, 0.3) is 0 Å². The Labute approximate surface area is 150 Å². The molecular formula is C17H22BrN5O. The van der Waals surface area contributed by atoms with Gasteiger partial charge in [-0.3, -0.25) is 9.69 Å². The van der Waals surface area contributed by atoms with E-state index in [4.69, 9.17) is 11.5 Å². The fourth-order valence-corrected chi connectivity index (χ4v) is 3.93. The van der Waals surface area contributed by atoms with Crippen molar-refractivity contribution in [2.75, 3.05) is 4.90 Å². The molecule has 0 aromatic heterocycles. The number of guanidine groups is 2. The Morgan fingerprint density at radius 3 is 2.67 bits per heavy atom. The second-order valence-electron chi connectivity index (χ2n) is 6.26. The molecule has 1 heterocycles. The first-order valence-corrected chi connectivity index (χ1v) is 9.08. The van der Waals surface area contributed by atoms with Crippen molar-refractivity contribution in [2.24, 2.45) is 21.5 Å². The summed E-state index contributed by atoms with van der Waals surface area (Å²) in [5.41, 5.74) is 13.0. The van der Waals surface area contributed by atoms with Gasteiger partial charge in [-0.15, -0.1) is 0 Å². The topological polar surface area (TPSA) is 97.1 Å². The van der Waals surface area contributed by atoms with Crippen LogP contribution in [0, 0.1) is 0 Å². The van der Waals surface area contributed by atoms with Crippen LogP contribution in [-0.2, 0) is 0 Å².